The number of fused-ring (bicyclic) bond motifs is 1. The maximum atomic E-state index is 4.66. The summed E-state index contributed by atoms with van der Waals surface area (Å²) in [6, 6.07) is 6.49. The van der Waals surface area contributed by atoms with Crippen LogP contribution in [0.25, 0.3) is 11.0 Å². The zero-order valence-electron chi connectivity index (χ0n) is 11.6. The average Bonchev–Trinajstić information content (AvgIpc) is 2.38. The van der Waals surface area contributed by atoms with Crippen LogP contribution in [0.3, 0.4) is 0 Å². The van der Waals surface area contributed by atoms with Crippen molar-refractivity contribution < 1.29 is 0 Å². The van der Waals surface area contributed by atoms with Gasteiger partial charge in [-0.1, -0.05) is 42.3 Å². The van der Waals surface area contributed by atoms with Gasteiger partial charge in [0, 0.05) is 0 Å². The number of aromatic nitrogens is 2. The highest BCUT2D eigenvalue weighted by Gasteiger charge is 2.18. The van der Waals surface area contributed by atoms with Gasteiger partial charge in [-0.25, -0.2) is 4.98 Å². The van der Waals surface area contributed by atoms with Crippen LogP contribution in [0, 0.1) is 0 Å². The van der Waals surface area contributed by atoms with Gasteiger partial charge < -0.3 is 0 Å². The molecule has 1 aromatic carbocycles. The van der Waals surface area contributed by atoms with Crippen LogP contribution < -0.4 is 5.44 Å². The minimum absolute atomic E-state index is 0.208. The van der Waals surface area contributed by atoms with E-state index in [9.17, 15) is 0 Å². The molecular formula is C15H21N2P. The van der Waals surface area contributed by atoms with Crippen LogP contribution in [0.5, 0.6) is 0 Å². The van der Waals surface area contributed by atoms with Crippen molar-refractivity contribution in [3.63, 3.8) is 0 Å². The van der Waals surface area contributed by atoms with E-state index in [0.717, 1.165) is 37.6 Å². The van der Waals surface area contributed by atoms with Crippen molar-refractivity contribution in [2.45, 2.75) is 39.5 Å². The summed E-state index contributed by atoms with van der Waals surface area (Å²) in [5, 5.41) is 0. The minimum atomic E-state index is 0.208. The van der Waals surface area contributed by atoms with E-state index in [4.69, 9.17) is 0 Å². The molecule has 0 saturated carbocycles. The van der Waals surface area contributed by atoms with E-state index in [1.165, 1.54) is 5.56 Å². The molecule has 0 aliphatic rings. The van der Waals surface area contributed by atoms with Gasteiger partial charge in [0.2, 0.25) is 0 Å². The summed E-state index contributed by atoms with van der Waals surface area (Å²) in [6.07, 6.45) is 4.19. The highest BCUT2D eigenvalue weighted by Crippen LogP contribution is 2.28. The SMILES string of the molecule is CCPc1cnc2cc(C(C)(C)CC)ccc2n1. The van der Waals surface area contributed by atoms with E-state index in [2.05, 4.69) is 55.9 Å². The zero-order chi connectivity index (χ0) is 13.2. The topological polar surface area (TPSA) is 25.8 Å². The molecule has 0 bridgehead atoms. The van der Waals surface area contributed by atoms with Gasteiger partial charge in [-0.15, -0.1) is 0 Å². The maximum Gasteiger partial charge on any atom is 0.0894 e. The predicted octanol–water partition coefficient (Wildman–Crippen LogP) is 3.64. The Morgan fingerprint density at radius 3 is 2.61 bits per heavy atom. The Balaban J connectivity index is 2.44. The molecule has 1 aromatic heterocycles. The van der Waals surface area contributed by atoms with Gasteiger partial charge in [-0.05, 0) is 35.7 Å². The fraction of sp³-hybridized carbons (Fsp3) is 0.467. The molecule has 0 N–H and O–H groups in total. The zero-order valence-corrected chi connectivity index (χ0v) is 12.6. The Morgan fingerprint density at radius 1 is 1.17 bits per heavy atom. The molecule has 0 amide bonds. The van der Waals surface area contributed by atoms with E-state index in [1.54, 1.807) is 0 Å². The van der Waals surface area contributed by atoms with Crippen LogP contribution in [-0.2, 0) is 5.41 Å². The summed E-state index contributed by atoms with van der Waals surface area (Å²) in [7, 11) is 0.763. The molecule has 2 aromatic rings. The maximum absolute atomic E-state index is 4.66. The van der Waals surface area contributed by atoms with Gasteiger partial charge in [0.05, 0.1) is 22.7 Å². The third-order valence-electron chi connectivity index (χ3n) is 3.57. The lowest BCUT2D eigenvalue weighted by Crippen LogP contribution is -2.15. The molecule has 2 nitrogen and oxygen atoms in total. The third-order valence-corrected chi connectivity index (χ3v) is 4.52. The second-order valence-electron chi connectivity index (χ2n) is 5.23. The van der Waals surface area contributed by atoms with Crippen molar-refractivity contribution >= 4 is 25.0 Å². The molecule has 1 atom stereocenters. The second kappa shape index (κ2) is 5.32. The fourth-order valence-electron chi connectivity index (χ4n) is 1.90. The van der Waals surface area contributed by atoms with Gasteiger partial charge in [0.15, 0.2) is 0 Å². The van der Waals surface area contributed by atoms with Crippen LogP contribution in [0.4, 0.5) is 0 Å². The Bertz CT molecular complexity index is 549. The largest absolute Gasteiger partial charge is 0.252 e. The lowest BCUT2D eigenvalue weighted by atomic mass is 9.82. The lowest BCUT2D eigenvalue weighted by Gasteiger charge is -2.23. The first kappa shape index (κ1) is 13.4. The van der Waals surface area contributed by atoms with E-state index < -0.39 is 0 Å². The molecule has 18 heavy (non-hydrogen) atoms. The Hall–Kier alpha value is -1.01. The first-order valence-electron chi connectivity index (χ1n) is 6.58. The molecule has 0 aliphatic carbocycles. The van der Waals surface area contributed by atoms with E-state index in [1.807, 2.05) is 6.20 Å². The molecule has 0 aliphatic heterocycles. The summed E-state index contributed by atoms with van der Waals surface area (Å²) in [4.78, 5) is 9.22. The lowest BCUT2D eigenvalue weighted by molar-refractivity contribution is 0.507. The Kier molecular flexibility index (Phi) is 3.97. The van der Waals surface area contributed by atoms with Crippen molar-refractivity contribution in [2.75, 3.05) is 6.16 Å². The van der Waals surface area contributed by atoms with Gasteiger partial charge in [-0.3, -0.25) is 4.98 Å². The monoisotopic (exact) mass is 260 g/mol. The molecule has 0 radical (unpaired) electrons. The van der Waals surface area contributed by atoms with Crippen LogP contribution >= 0.6 is 8.58 Å². The van der Waals surface area contributed by atoms with Crippen LogP contribution in [0.2, 0.25) is 0 Å². The molecule has 0 fully saturated rings. The Morgan fingerprint density at radius 2 is 1.94 bits per heavy atom. The highest BCUT2D eigenvalue weighted by molar-refractivity contribution is 7.46. The van der Waals surface area contributed by atoms with Crippen LogP contribution in [0.1, 0.15) is 39.7 Å². The van der Waals surface area contributed by atoms with Gasteiger partial charge in [0.1, 0.15) is 0 Å². The molecule has 3 heteroatoms. The smallest absolute Gasteiger partial charge is 0.0894 e. The number of benzene rings is 1. The third kappa shape index (κ3) is 2.70. The standard InChI is InChI=1S/C15H21N2P/c1-5-15(3,4)11-7-8-12-13(9-11)16-10-14(17-12)18-6-2/h7-10,18H,5-6H2,1-4H3. The highest BCUT2D eigenvalue weighted by atomic mass is 31.1. The van der Waals surface area contributed by atoms with Crippen molar-refractivity contribution in [3.8, 4) is 0 Å². The van der Waals surface area contributed by atoms with Crippen LogP contribution in [0.15, 0.2) is 24.4 Å². The summed E-state index contributed by atoms with van der Waals surface area (Å²) in [5.74, 6) is 0. The van der Waals surface area contributed by atoms with Gasteiger partial charge in [0.25, 0.3) is 0 Å². The van der Waals surface area contributed by atoms with Crippen molar-refractivity contribution in [2.24, 2.45) is 0 Å². The number of hydrogen-bond acceptors (Lipinski definition) is 2. The predicted molar refractivity (Wildman–Crippen MR) is 81.3 cm³/mol. The number of rotatable bonds is 4. The van der Waals surface area contributed by atoms with Crippen molar-refractivity contribution in [1.29, 1.82) is 0 Å². The second-order valence-corrected chi connectivity index (χ2v) is 6.80. The molecule has 0 spiro atoms. The first-order valence-corrected chi connectivity index (χ1v) is 7.78. The molecule has 0 saturated heterocycles. The van der Waals surface area contributed by atoms with E-state index >= 15 is 0 Å². The van der Waals surface area contributed by atoms with E-state index in [0.29, 0.717) is 0 Å². The van der Waals surface area contributed by atoms with Gasteiger partial charge >= 0.3 is 0 Å². The molecule has 1 heterocycles. The Labute approximate surface area is 111 Å². The fourth-order valence-corrected chi connectivity index (χ4v) is 2.62. The number of nitrogens with zero attached hydrogens (tertiary/aromatic N) is 2. The summed E-state index contributed by atoms with van der Waals surface area (Å²) < 4.78 is 0. The number of hydrogen-bond donors (Lipinski definition) is 0. The normalized spacial score (nSPS) is 12.7. The van der Waals surface area contributed by atoms with E-state index in [-0.39, 0.29) is 5.41 Å². The average molecular weight is 260 g/mol. The van der Waals surface area contributed by atoms with Gasteiger partial charge in [-0.2, -0.15) is 0 Å². The summed E-state index contributed by atoms with van der Waals surface area (Å²) in [6.45, 7) is 8.95. The molecule has 1 unspecified atom stereocenters. The van der Waals surface area contributed by atoms with Crippen molar-refractivity contribution in [1.82, 2.24) is 9.97 Å². The van der Waals surface area contributed by atoms with Crippen LogP contribution in [-0.4, -0.2) is 16.1 Å². The van der Waals surface area contributed by atoms with Crippen molar-refractivity contribution in [3.05, 3.63) is 30.0 Å². The molecular weight excluding hydrogens is 239 g/mol. The summed E-state index contributed by atoms with van der Waals surface area (Å²) in [5.41, 5.74) is 4.70. The quantitative estimate of drug-likeness (QED) is 0.784. The molecule has 96 valence electrons. The molecule has 2 rings (SSSR count). The minimum Gasteiger partial charge on any atom is -0.252 e. The first-order chi connectivity index (χ1) is 8.56. The summed E-state index contributed by atoms with van der Waals surface area (Å²) >= 11 is 0.